The number of nitrogens with one attached hydrogen (secondary N) is 1. The fraction of sp³-hybridized carbons (Fsp3) is 0.517. The number of esters is 1. The van der Waals surface area contributed by atoms with Crippen molar-refractivity contribution in [3.05, 3.63) is 53.4 Å². The highest BCUT2D eigenvalue weighted by Gasteiger charge is 2.66. The predicted octanol–water partition coefficient (Wildman–Crippen LogP) is 5.22. The van der Waals surface area contributed by atoms with Gasteiger partial charge in [0.15, 0.2) is 17.2 Å². The quantitative estimate of drug-likeness (QED) is 0.342. The van der Waals surface area contributed by atoms with E-state index in [-0.39, 0.29) is 30.0 Å². The highest BCUT2D eigenvalue weighted by molar-refractivity contribution is 5.96. The maximum atomic E-state index is 15.3. The Labute approximate surface area is 249 Å². The second kappa shape index (κ2) is 11.8. The van der Waals surface area contributed by atoms with Crippen LogP contribution in [0.4, 0.5) is 32.4 Å². The van der Waals surface area contributed by atoms with Crippen molar-refractivity contribution < 1.29 is 55.3 Å². The Morgan fingerprint density at radius 3 is 2.36 bits per heavy atom. The predicted molar refractivity (Wildman–Crippen MR) is 144 cm³/mol. The molecule has 10 nitrogen and oxygen atoms in total. The normalized spacial score (nSPS) is 24.0. The number of halogens is 5. The first-order chi connectivity index (χ1) is 20.4. The molecule has 2 fully saturated rings. The van der Waals surface area contributed by atoms with Crippen molar-refractivity contribution in [1.29, 1.82) is 0 Å². The fourth-order valence-corrected chi connectivity index (χ4v) is 5.05. The minimum atomic E-state index is -4.96. The van der Waals surface area contributed by atoms with Crippen LogP contribution in [0, 0.1) is 17.6 Å². The molecule has 240 valence electrons. The summed E-state index contributed by atoms with van der Waals surface area (Å²) in [7, 11) is 1.12. The van der Waals surface area contributed by atoms with E-state index >= 15 is 4.39 Å². The van der Waals surface area contributed by atoms with Gasteiger partial charge in [0.1, 0.15) is 23.5 Å². The summed E-state index contributed by atoms with van der Waals surface area (Å²) in [4.78, 5) is 42.7. The fourth-order valence-electron chi connectivity index (χ4n) is 5.05. The van der Waals surface area contributed by atoms with Crippen LogP contribution in [0.3, 0.4) is 0 Å². The van der Waals surface area contributed by atoms with Crippen molar-refractivity contribution in [2.45, 2.75) is 70.1 Å². The summed E-state index contributed by atoms with van der Waals surface area (Å²) in [6, 6.07) is 4.22. The lowest BCUT2D eigenvalue weighted by molar-refractivity contribution is -0.272. The summed E-state index contributed by atoms with van der Waals surface area (Å²) in [5, 5.41) is 2.41. The monoisotopic (exact) mass is 629 g/mol. The van der Waals surface area contributed by atoms with Crippen molar-refractivity contribution in [2.24, 2.45) is 5.92 Å². The Hall–Kier alpha value is -4.01. The van der Waals surface area contributed by atoms with E-state index in [1.165, 1.54) is 24.1 Å². The number of ether oxygens (including phenoxy) is 4. The molecule has 2 aromatic rings. The average Bonchev–Trinajstić information content (AvgIpc) is 3.18. The number of likely N-dealkylation sites (tertiary alicyclic amines) is 1. The van der Waals surface area contributed by atoms with Crippen LogP contribution in [-0.4, -0.2) is 77.6 Å². The molecule has 2 aliphatic rings. The van der Waals surface area contributed by atoms with Gasteiger partial charge in [-0.2, -0.15) is 17.6 Å². The Morgan fingerprint density at radius 2 is 1.77 bits per heavy atom. The Bertz CT molecular complexity index is 1440. The zero-order chi connectivity index (χ0) is 32.8. The van der Waals surface area contributed by atoms with Crippen molar-refractivity contribution >= 4 is 23.7 Å². The third-order valence-corrected chi connectivity index (χ3v) is 7.57. The van der Waals surface area contributed by atoms with Gasteiger partial charge >= 0.3 is 18.2 Å². The zero-order valence-corrected chi connectivity index (χ0v) is 24.8. The van der Waals surface area contributed by atoms with Gasteiger partial charge in [-0.3, -0.25) is 4.79 Å². The van der Waals surface area contributed by atoms with Crippen LogP contribution >= 0.6 is 0 Å². The lowest BCUT2D eigenvalue weighted by atomic mass is 9.77. The van der Waals surface area contributed by atoms with Crippen molar-refractivity contribution in [2.75, 3.05) is 25.5 Å². The van der Waals surface area contributed by atoms with Crippen LogP contribution in [0.1, 0.15) is 56.6 Å². The molecule has 0 bridgehead atoms. The van der Waals surface area contributed by atoms with Crippen LogP contribution in [-0.2, 0) is 19.0 Å². The summed E-state index contributed by atoms with van der Waals surface area (Å²) < 4.78 is 93.8. The molecule has 2 saturated heterocycles. The first-order valence-corrected chi connectivity index (χ1v) is 13.6. The summed E-state index contributed by atoms with van der Waals surface area (Å²) in [6.45, 7) is 6.85. The van der Waals surface area contributed by atoms with Crippen molar-refractivity contribution in [1.82, 2.24) is 9.88 Å². The lowest BCUT2D eigenvalue weighted by Gasteiger charge is -2.40. The van der Waals surface area contributed by atoms with Crippen LogP contribution in [0.15, 0.2) is 30.5 Å². The number of hydrogen-bond donors (Lipinski definition) is 1. The molecule has 4 rings (SSSR count). The van der Waals surface area contributed by atoms with Gasteiger partial charge in [0, 0.05) is 29.3 Å². The Morgan fingerprint density at radius 1 is 1.11 bits per heavy atom. The number of anilines is 1. The van der Waals surface area contributed by atoms with E-state index in [4.69, 9.17) is 14.2 Å². The summed E-state index contributed by atoms with van der Waals surface area (Å²) >= 11 is 0. The second-order valence-electron chi connectivity index (χ2n) is 11.8. The molecule has 0 aliphatic carbocycles. The van der Waals surface area contributed by atoms with Crippen LogP contribution < -0.4 is 10.1 Å². The molecule has 1 N–H and O–H groups in total. The first kappa shape index (κ1) is 32.9. The minimum absolute atomic E-state index is 0.000484. The molecule has 0 saturated carbocycles. The molecular formula is C29H32F5N3O7. The molecular weight excluding hydrogens is 597 g/mol. The molecule has 3 heterocycles. The third kappa shape index (κ3) is 6.42. The van der Waals surface area contributed by atoms with E-state index in [1.807, 2.05) is 0 Å². The van der Waals surface area contributed by atoms with E-state index in [9.17, 15) is 31.9 Å². The largest absolute Gasteiger partial charge is 0.483 e. The van der Waals surface area contributed by atoms with E-state index in [0.29, 0.717) is 0 Å². The van der Waals surface area contributed by atoms with Gasteiger partial charge in [-0.1, -0.05) is 13.0 Å². The summed E-state index contributed by atoms with van der Waals surface area (Å²) in [5.74, 6) is -8.33. The number of pyridine rings is 1. The molecule has 1 aromatic carbocycles. The topological polar surface area (TPSA) is 116 Å². The highest BCUT2D eigenvalue weighted by Crippen LogP contribution is 2.55. The van der Waals surface area contributed by atoms with Gasteiger partial charge in [0.05, 0.1) is 20.2 Å². The SMILES string of the molecule is COC(=O)c1cc(NC(=O)[C@@H]2O[C@@](C)(C(F)(F)F)[C@@H](C)[C@H]2c2ccc(F)c(F)c2OC2CN(C(=O)OC(C)(C)C)C2)ccn1. The number of nitrogens with zero attached hydrogens (tertiary/aromatic N) is 2. The maximum absolute atomic E-state index is 15.3. The van der Waals surface area contributed by atoms with Gasteiger partial charge in [0.2, 0.25) is 5.82 Å². The lowest BCUT2D eigenvalue weighted by Crippen LogP contribution is -2.57. The summed E-state index contributed by atoms with van der Waals surface area (Å²) in [5.41, 5.74) is -4.06. The first-order valence-electron chi connectivity index (χ1n) is 13.6. The molecule has 0 radical (unpaired) electrons. The number of carbonyl (C=O) groups is 3. The molecule has 4 atom stereocenters. The smallest absolute Gasteiger partial charge is 0.417 e. The van der Waals surface area contributed by atoms with Crippen LogP contribution in [0.5, 0.6) is 5.75 Å². The van der Waals surface area contributed by atoms with E-state index in [2.05, 4.69) is 15.0 Å². The summed E-state index contributed by atoms with van der Waals surface area (Å²) in [6.07, 6.45) is -7.14. The number of aromatic nitrogens is 1. The van der Waals surface area contributed by atoms with Crippen molar-refractivity contribution in [3.8, 4) is 5.75 Å². The minimum Gasteiger partial charge on any atom is -0.483 e. The van der Waals surface area contributed by atoms with Gasteiger partial charge in [-0.25, -0.2) is 19.0 Å². The van der Waals surface area contributed by atoms with Gasteiger partial charge in [-0.05, 0) is 45.9 Å². The van der Waals surface area contributed by atoms with E-state index in [1.54, 1.807) is 20.8 Å². The molecule has 1 aromatic heterocycles. The van der Waals surface area contributed by atoms with Gasteiger partial charge in [0.25, 0.3) is 5.91 Å². The van der Waals surface area contributed by atoms with Crippen molar-refractivity contribution in [3.63, 3.8) is 0 Å². The Kier molecular flexibility index (Phi) is 8.84. The zero-order valence-electron chi connectivity index (χ0n) is 24.8. The number of rotatable bonds is 6. The molecule has 2 aliphatic heterocycles. The standard InChI is InChI=1S/C29H32F5N3O7/c1-14-20(17-7-8-18(30)21(31)22(17)42-16-12-37(13-16)26(40)44-27(2,3)4)23(43-28(14,5)29(32,33)34)24(38)36-15-9-10-35-19(11-15)25(39)41-6/h7-11,14,16,20,23H,12-13H2,1-6H3,(H,35,36,38)/t14-,20-,23+,28+/m0/s1. The number of hydrogen-bond acceptors (Lipinski definition) is 8. The van der Waals surface area contributed by atoms with Crippen LogP contribution in [0.2, 0.25) is 0 Å². The van der Waals surface area contributed by atoms with Crippen LogP contribution in [0.25, 0.3) is 0 Å². The molecule has 0 unspecified atom stereocenters. The number of alkyl halides is 3. The second-order valence-corrected chi connectivity index (χ2v) is 11.8. The number of methoxy groups -OCH3 is 1. The maximum Gasteiger partial charge on any atom is 0.417 e. The van der Waals surface area contributed by atoms with Gasteiger partial charge < -0.3 is 29.2 Å². The number of benzene rings is 1. The van der Waals surface area contributed by atoms with Gasteiger partial charge in [-0.15, -0.1) is 0 Å². The average molecular weight is 630 g/mol. The van der Waals surface area contributed by atoms with E-state index in [0.717, 1.165) is 32.2 Å². The molecule has 44 heavy (non-hydrogen) atoms. The Balaban J connectivity index is 1.67. The van der Waals surface area contributed by atoms with E-state index < -0.39 is 76.8 Å². The highest BCUT2D eigenvalue weighted by atomic mass is 19.4. The molecule has 2 amide bonds. The third-order valence-electron chi connectivity index (χ3n) is 7.57. The molecule has 15 heteroatoms. The number of carbonyl (C=O) groups excluding carboxylic acids is 3. The number of amides is 2. The molecule has 0 spiro atoms.